The number of ether oxygens (including phenoxy) is 1. The first-order valence-corrected chi connectivity index (χ1v) is 7.20. The number of allylic oxidation sites excluding steroid dienone is 1. The molecule has 0 bridgehead atoms. The van der Waals surface area contributed by atoms with Crippen molar-refractivity contribution in [1.29, 1.82) is 0 Å². The van der Waals surface area contributed by atoms with E-state index in [9.17, 15) is 0 Å². The van der Waals surface area contributed by atoms with Crippen molar-refractivity contribution in [3.8, 4) is 0 Å². The van der Waals surface area contributed by atoms with Gasteiger partial charge in [-0.05, 0) is 37.7 Å². The van der Waals surface area contributed by atoms with E-state index >= 15 is 0 Å². The third-order valence-corrected chi connectivity index (χ3v) is 4.54. The smallest absolute Gasteiger partial charge is 0.0717 e. The molecule has 1 nitrogen and oxygen atoms in total. The van der Waals surface area contributed by atoms with Crippen LogP contribution in [0.1, 0.15) is 44.1 Å². The Morgan fingerprint density at radius 3 is 2.83 bits per heavy atom. The summed E-state index contributed by atoms with van der Waals surface area (Å²) in [4.78, 5) is 0. The maximum Gasteiger partial charge on any atom is 0.0717 e. The molecule has 0 N–H and O–H groups in total. The summed E-state index contributed by atoms with van der Waals surface area (Å²) in [5.41, 5.74) is 3.39. The predicted molar refractivity (Wildman–Crippen MR) is 74.3 cm³/mol. The van der Waals surface area contributed by atoms with Crippen molar-refractivity contribution < 1.29 is 4.74 Å². The Bertz CT molecular complexity index is 420. The number of hydrogen-bond donors (Lipinski definition) is 0. The first kappa shape index (κ1) is 12.0. The molecular formula is C17H22O. The lowest BCUT2D eigenvalue weighted by Crippen LogP contribution is -2.29. The molecule has 0 radical (unpaired) electrons. The Morgan fingerprint density at radius 2 is 1.94 bits per heavy atom. The summed E-state index contributed by atoms with van der Waals surface area (Å²) in [6, 6.07) is 10.5. The average molecular weight is 242 g/mol. The number of rotatable bonds is 4. The summed E-state index contributed by atoms with van der Waals surface area (Å²) >= 11 is 0. The molecule has 1 aromatic rings. The van der Waals surface area contributed by atoms with E-state index in [0.29, 0.717) is 5.41 Å². The average Bonchev–Trinajstić information content (AvgIpc) is 2.84. The highest BCUT2D eigenvalue weighted by Gasteiger charge is 2.38. The second-order valence-electron chi connectivity index (χ2n) is 5.73. The maximum atomic E-state index is 6.02. The molecule has 1 unspecified atom stereocenters. The zero-order valence-corrected chi connectivity index (χ0v) is 11.0. The van der Waals surface area contributed by atoms with Crippen molar-refractivity contribution in [3.63, 3.8) is 0 Å². The van der Waals surface area contributed by atoms with E-state index in [1.807, 2.05) is 0 Å². The van der Waals surface area contributed by atoms with Crippen LogP contribution in [0.3, 0.4) is 0 Å². The normalized spacial score (nSPS) is 26.8. The number of fused-ring (bicyclic) bond motifs is 1. The molecule has 0 saturated heterocycles. The van der Waals surface area contributed by atoms with Gasteiger partial charge >= 0.3 is 0 Å². The van der Waals surface area contributed by atoms with Crippen LogP contribution in [0.5, 0.6) is 0 Å². The lowest BCUT2D eigenvalue weighted by atomic mass is 9.72. The van der Waals surface area contributed by atoms with Gasteiger partial charge in [0.2, 0.25) is 0 Å². The van der Waals surface area contributed by atoms with Crippen molar-refractivity contribution in [2.75, 3.05) is 6.61 Å². The predicted octanol–water partition coefficient (Wildman–Crippen LogP) is 4.48. The number of hydrogen-bond acceptors (Lipinski definition) is 1. The zero-order chi connectivity index (χ0) is 12.3. The second-order valence-corrected chi connectivity index (χ2v) is 5.73. The highest BCUT2D eigenvalue weighted by Crippen LogP contribution is 2.48. The van der Waals surface area contributed by atoms with Crippen LogP contribution in [-0.2, 0) is 11.3 Å². The fourth-order valence-corrected chi connectivity index (χ4v) is 3.51. The quantitative estimate of drug-likeness (QED) is 0.707. The van der Waals surface area contributed by atoms with Gasteiger partial charge in [0.15, 0.2) is 0 Å². The third kappa shape index (κ3) is 2.37. The van der Waals surface area contributed by atoms with E-state index in [2.05, 4.69) is 36.4 Å². The third-order valence-electron chi connectivity index (χ3n) is 4.54. The lowest BCUT2D eigenvalue weighted by molar-refractivity contribution is 0.0393. The molecule has 1 aromatic carbocycles. The summed E-state index contributed by atoms with van der Waals surface area (Å²) in [5.74, 6) is 0. The Kier molecular flexibility index (Phi) is 3.51. The van der Waals surface area contributed by atoms with Crippen LogP contribution in [0.2, 0.25) is 0 Å². The molecule has 1 atom stereocenters. The topological polar surface area (TPSA) is 9.23 Å². The van der Waals surface area contributed by atoms with Gasteiger partial charge in [0.1, 0.15) is 0 Å². The molecule has 1 heteroatoms. The van der Waals surface area contributed by atoms with Crippen LogP contribution in [0.4, 0.5) is 0 Å². The minimum absolute atomic E-state index is 0.410. The van der Waals surface area contributed by atoms with E-state index in [0.717, 1.165) is 13.2 Å². The summed E-state index contributed by atoms with van der Waals surface area (Å²) in [6.45, 7) is 1.68. The van der Waals surface area contributed by atoms with Gasteiger partial charge < -0.3 is 4.74 Å². The standard InChI is InChI=1S/C17H22O/c1-2-7-15(8-3-1)13-18-14-17-11-5-4-9-16(17)10-6-12-17/h1-3,7-8,10H,4-6,9,11-14H2. The van der Waals surface area contributed by atoms with Gasteiger partial charge in [-0.25, -0.2) is 0 Å². The van der Waals surface area contributed by atoms with E-state index in [1.54, 1.807) is 5.57 Å². The molecule has 0 spiro atoms. The monoisotopic (exact) mass is 242 g/mol. The fourth-order valence-electron chi connectivity index (χ4n) is 3.51. The van der Waals surface area contributed by atoms with Crippen molar-refractivity contribution in [2.24, 2.45) is 5.41 Å². The fraction of sp³-hybridized carbons (Fsp3) is 0.529. The van der Waals surface area contributed by atoms with Crippen LogP contribution in [0.25, 0.3) is 0 Å². The van der Waals surface area contributed by atoms with Crippen LogP contribution in [-0.4, -0.2) is 6.61 Å². The van der Waals surface area contributed by atoms with Gasteiger partial charge in [-0.15, -0.1) is 0 Å². The van der Waals surface area contributed by atoms with E-state index in [-0.39, 0.29) is 0 Å². The summed E-state index contributed by atoms with van der Waals surface area (Å²) in [6.07, 6.45) is 10.5. The van der Waals surface area contributed by atoms with Gasteiger partial charge in [0.25, 0.3) is 0 Å². The molecule has 96 valence electrons. The highest BCUT2D eigenvalue weighted by molar-refractivity contribution is 5.22. The van der Waals surface area contributed by atoms with E-state index in [4.69, 9.17) is 4.74 Å². The van der Waals surface area contributed by atoms with Gasteiger partial charge in [-0.3, -0.25) is 0 Å². The van der Waals surface area contributed by atoms with Crippen molar-refractivity contribution >= 4 is 0 Å². The Labute approximate surface area is 110 Å². The van der Waals surface area contributed by atoms with Crippen LogP contribution in [0, 0.1) is 5.41 Å². The van der Waals surface area contributed by atoms with Gasteiger partial charge in [0.05, 0.1) is 13.2 Å². The molecule has 0 aliphatic heterocycles. The summed E-state index contributed by atoms with van der Waals surface area (Å²) in [7, 11) is 0. The Hall–Kier alpha value is -1.08. The second kappa shape index (κ2) is 5.27. The SMILES string of the molecule is C1=C2CCCCC2(COCc2ccccc2)CC1. The molecule has 2 aliphatic carbocycles. The van der Waals surface area contributed by atoms with E-state index in [1.165, 1.54) is 44.1 Å². The molecule has 1 fully saturated rings. The molecule has 2 aliphatic rings. The zero-order valence-electron chi connectivity index (χ0n) is 11.0. The molecule has 0 heterocycles. The maximum absolute atomic E-state index is 6.02. The van der Waals surface area contributed by atoms with E-state index < -0.39 is 0 Å². The van der Waals surface area contributed by atoms with Crippen LogP contribution in [0.15, 0.2) is 42.0 Å². The molecule has 18 heavy (non-hydrogen) atoms. The highest BCUT2D eigenvalue weighted by atomic mass is 16.5. The summed E-state index contributed by atoms with van der Waals surface area (Å²) < 4.78 is 6.02. The first-order valence-electron chi connectivity index (χ1n) is 7.20. The van der Waals surface area contributed by atoms with Gasteiger partial charge in [0, 0.05) is 5.41 Å². The van der Waals surface area contributed by atoms with Crippen LogP contribution >= 0.6 is 0 Å². The van der Waals surface area contributed by atoms with Gasteiger partial charge in [-0.2, -0.15) is 0 Å². The number of benzene rings is 1. The Balaban J connectivity index is 1.58. The molecule has 3 rings (SSSR count). The lowest BCUT2D eigenvalue weighted by Gasteiger charge is -2.36. The molecule has 1 saturated carbocycles. The molecule has 0 amide bonds. The first-order chi connectivity index (χ1) is 8.89. The van der Waals surface area contributed by atoms with Crippen molar-refractivity contribution in [3.05, 3.63) is 47.5 Å². The van der Waals surface area contributed by atoms with Crippen molar-refractivity contribution in [1.82, 2.24) is 0 Å². The van der Waals surface area contributed by atoms with Crippen molar-refractivity contribution in [2.45, 2.75) is 45.1 Å². The molecule has 0 aromatic heterocycles. The van der Waals surface area contributed by atoms with Gasteiger partial charge in [-0.1, -0.05) is 48.4 Å². The Morgan fingerprint density at radius 1 is 1.06 bits per heavy atom. The minimum Gasteiger partial charge on any atom is -0.376 e. The molecular weight excluding hydrogens is 220 g/mol. The largest absolute Gasteiger partial charge is 0.376 e. The minimum atomic E-state index is 0.410. The van der Waals surface area contributed by atoms with Crippen LogP contribution < -0.4 is 0 Å². The summed E-state index contributed by atoms with van der Waals surface area (Å²) in [5, 5.41) is 0.